The van der Waals surface area contributed by atoms with E-state index in [0.717, 1.165) is 30.4 Å². The monoisotopic (exact) mass is 483 g/mol. The molecule has 2 aliphatic carbocycles. The number of ketones is 1. The van der Waals surface area contributed by atoms with Gasteiger partial charge >= 0.3 is 7.12 Å². The molecule has 1 saturated carbocycles. The first-order valence-electron chi connectivity index (χ1n) is 11.6. The number of Topliss-reactive ketones (excluding diaryl/α,β-unsaturated/α-hetero) is 1. The van der Waals surface area contributed by atoms with Crippen LogP contribution in [0, 0.1) is 0 Å². The summed E-state index contributed by atoms with van der Waals surface area (Å²) in [5.41, 5.74) is 1.25. The zero-order valence-electron chi connectivity index (χ0n) is 20.2. The van der Waals surface area contributed by atoms with Gasteiger partial charge in [-0.25, -0.2) is 8.42 Å². The molecule has 0 atom stereocenters. The Labute approximate surface area is 201 Å². The topological polar surface area (TPSA) is 90.9 Å². The number of methoxy groups -OCH3 is 1. The van der Waals surface area contributed by atoms with Crippen molar-refractivity contribution in [1.82, 2.24) is 0 Å². The summed E-state index contributed by atoms with van der Waals surface area (Å²) in [6.07, 6.45) is 2.86. The van der Waals surface area contributed by atoms with Gasteiger partial charge in [0.25, 0.3) is 10.0 Å². The number of fused-ring (bicyclic) bond motifs is 2. The molecule has 2 aromatic carbocycles. The number of sulfonamides is 1. The first kappa shape index (κ1) is 23.4. The summed E-state index contributed by atoms with van der Waals surface area (Å²) >= 11 is 0. The van der Waals surface area contributed by atoms with Crippen LogP contribution in [-0.4, -0.2) is 39.6 Å². The average molecular weight is 483 g/mol. The SMILES string of the molecule is COc1ccccc1S(=O)(=O)Nc1cc(B2OC(C)(C)C(C)(C)O2)c2c(c1)C1(CCC1)C(=O)C2. The molecule has 0 radical (unpaired) electrons. The first-order valence-corrected chi connectivity index (χ1v) is 13.1. The number of carbonyl (C=O) groups excluding carboxylic acids is 1. The molecule has 0 amide bonds. The minimum absolute atomic E-state index is 0.0459. The standard InChI is InChI=1S/C25H30BNO6S/c1-23(2)24(3,4)33-26(32-23)19-14-16(13-18-17(19)15-22(28)25(18)11-8-12-25)27-34(29,30)21-10-7-6-9-20(21)31-5/h6-7,9-10,13-14,27H,8,11-12,15H2,1-5H3. The van der Waals surface area contributed by atoms with Crippen molar-refractivity contribution < 1.29 is 27.3 Å². The van der Waals surface area contributed by atoms with Gasteiger partial charge in [-0.2, -0.15) is 0 Å². The number of hydrogen-bond donors (Lipinski definition) is 1. The van der Waals surface area contributed by atoms with Crippen LogP contribution in [0.25, 0.3) is 0 Å². The molecule has 0 bridgehead atoms. The van der Waals surface area contributed by atoms with Gasteiger partial charge in [0, 0.05) is 12.1 Å². The fraction of sp³-hybridized carbons (Fsp3) is 0.480. The van der Waals surface area contributed by atoms with E-state index in [0.29, 0.717) is 17.6 Å². The van der Waals surface area contributed by atoms with Gasteiger partial charge in [0.05, 0.1) is 23.7 Å². The average Bonchev–Trinajstić information content (AvgIpc) is 3.15. The van der Waals surface area contributed by atoms with Crippen LogP contribution in [0.2, 0.25) is 0 Å². The van der Waals surface area contributed by atoms with Crippen LogP contribution >= 0.6 is 0 Å². The van der Waals surface area contributed by atoms with Crippen molar-refractivity contribution in [3.8, 4) is 5.75 Å². The van der Waals surface area contributed by atoms with Crippen molar-refractivity contribution in [2.24, 2.45) is 0 Å². The van der Waals surface area contributed by atoms with Crippen LogP contribution in [0.3, 0.4) is 0 Å². The number of nitrogens with one attached hydrogen (secondary N) is 1. The zero-order chi connectivity index (χ0) is 24.5. The number of para-hydroxylation sites is 1. The predicted octanol–water partition coefficient (Wildman–Crippen LogP) is 3.34. The second-order valence-electron chi connectivity index (χ2n) is 10.5. The number of rotatable bonds is 5. The van der Waals surface area contributed by atoms with Crippen molar-refractivity contribution in [3.63, 3.8) is 0 Å². The molecule has 2 aromatic rings. The molecule has 5 rings (SSSR count). The van der Waals surface area contributed by atoms with Gasteiger partial charge in [-0.3, -0.25) is 9.52 Å². The van der Waals surface area contributed by atoms with E-state index in [4.69, 9.17) is 14.0 Å². The molecule has 34 heavy (non-hydrogen) atoms. The highest BCUT2D eigenvalue weighted by Crippen LogP contribution is 2.51. The Balaban J connectivity index is 1.61. The number of ether oxygens (including phenoxy) is 1. The van der Waals surface area contributed by atoms with E-state index < -0.39 is 33.8 Å². The van der Waals surface area contributed by atoms with Crippen LogP contribution < -0.4 is 14.9 Å². The number of hydrogen-bond acceptors (Lipinski definition) is 6. The molecule has 9 heteroatoms. The molecule has 2 fully saturated rings. The van der Waals surface area contributed by atoms with Gasteiger partial charge in [-0.15, -0.1) is 0 Å². The van der Waals surface area contributed by atoms with Gasteiger partial charge in [0.2, 0.25) is 0 Å². The third-order valence-corrected chi connectivity index (χ3v) is 9.42. The summed E-state index contributed by atoms with van der Waals surface area (Å²) in [5.74, 6) is 0.448. The molecule has 1 spiro atoms. The maximum atomic E-state index is 13.3. The molecule has 1 heterocycles. The first-order chi connectivity index (χ1) is 15.9. The minimum Gasteiger partial charge on any atom is -0.495 e. The Kier molecular flexibility index (Phi) is 5.21. The fourth-order valence-electron chi connectivity index (χ4n) is 5.17. The van der Waals surface area contributed by atoms with Gasteiger partial charge in [-0.1, -0.05) is 18.6 Å². The molecular weight excluding hydrogens is 453 g/mol. The molecule has 0 unspecified atom stereocenters. The Morgan fingerprint density at radius 2 is 1.68 bits per heavy atom. The van der Waals surface area contributed by atoms with Gasteiger partial charge in [0.1, 0.15) is 16.4 Å². The number of carbonyl (C=O) groups is 1. The second-order valence-corrected chi connectivity index (χ2v) is 12.1. The van der Waals surface area contributed by atoms with Crippen molar-refractivity contribution >= 4 is 34.1 Å². The number of benzene rings is 2. The highest BCUT2D eigenvalue weighted by molar-refractivity contribution is 7.92. The van der Waals surface area contributed by atoms with Crippen molar-refractivity contribution in [1.29, 1.82) is 0 Å². The third kappa shape index (κ3) is 3.40. The van der Waals surface area contributed by atoms with Crippen molar-refractivity contribution in [2.75, 3.05) is 11.8 Å². The van der Waals surface area contributed by atoms with E-state index in [1.165, 1.54) is 13.2 Å². The van der Waals surface area contributed by atoms with Crippen molar-refractivity contribution in [3.05, 3.63) is 47.5 Å². The van der Waals surface area contributed by atoms with E-state index in [9.17, 15) is 13.2 Å². The third-order valence-electron chi connectivity index (χ3n) is 8.00. The van der Waals surface area contributed by atoms with Crippen LogP contribution in [0.5, 0.6) is 5.75 Å². The predicted molar refractivity (Wildman–Crippen MR) is 130 cm³/mol. The van der Waals surface area contributed by atoms with Crippen LogP contribution in [-0.2, 0) is 36.0 Å². The van der Waals surface area contributed by atoms with E-state index >= 15 is 0 Å². The summed E-state index contributed by atoms with van der Waals surface area (Å²) in [6, 6.07) is 10.0. The Morgan fingerprint density at radius 1 is 1.03 bits per heavy atom. The smallest absolute Gasteiger partial charge is 0.495 e. The normalized spacial score (nSPS) is 21.9. The van der Waals surface area contributed by atoms with E-state index in [1.807, 2.05) is 33.8 Å². The molecular formula is C25H30BNO6S. The lowest BCUT2D eigenvalue weighted by atomic mass is 9.63. The zero-order valence-corrected chi connectivity index (χ0v) is 21.0. The Hall–Kier alpha value is -2.36. The lowest BCUT2D eigenvalue weighted by Gasteiger charge is -2.38. The molecule has 180 valence electrons. The Morgan fingerprint density at radius 3 is 2.26 bits per heavy atom. The van der Waals surface area contributed by atoms with E-state index in [2.05, 4.69) is 4.72 Å². The molecule has 3 aliphatic rings. The lowest BCUT2D eigenvalue weighted by molar-refractivity contribution is -0.125. The summed E-state index contributed by atoms with van der Waals surface area (Å²) in [4.78, 5) is 13.2. The molecule has 1 N–H and O–H groups in total. The second kappa shape index (κ2) is 7.57. The van der Waals surface area contributed by atoms with Gasteiger partial charge < -0.3 is 14.0 Å². The van der Waals surface area contributed by atoms with Crippen molar-refractivity contribution in [2.45, 2.75) is 74.9 Å². The van der Waals surface area contributed by atoms with Crippen LogP contribution in [0.4, 0.5) is 5.69 Å². The molecule has 1 aliphatic heterocycles. The highest BCUT2D eigenvalue weighted by atomic mass is 32.2. The quantitative estimate of drug-likeness (QED) is 0.657. The summed E-state index contributed by atoms with van der Waals surface area (Å²) in [6.45, 7) is 7.89. The molecule has 7 nitrogen and oxygen atoms in total. The van der Waals surface area contributed by atoms with E-state index in [1.54, 1.807) is 24.3 Å². The minimum atomic E-state index is -3.94. The van der Waals surface area contributed by atoms with Gasteiger partial charge in [0.15, 0.2) is 0 Å². The highest BCUT2D eigenvalue weighted by Gasteiger charge is 2.56. The number of anilines is 1. The van der Waals surface area contributed by atoms with E-state index in [-0.39, 0.29) is 16.4 Å². The Bertz CT molecular complexity index is 1270. The van der Waals surface area contributed by atoms with Gasteiger partial charge in [-0.05, 0) is 81.4 Å². The molecule has 0 aromatic heterocycles. The maximum Gasteiger partial charge on any atom is 0.495 e. The summed E-state index contributed by atoms with van der Waals surface area (Å²) in [7, 11) is -3.20. The van der Waals surface area contributed by atoms with Crippen LogP contribution in [0.1, 0.15) is 58.1 Å². The summed E-state index contributed by atoms with van der Waals surface area (Å²) in [5, 5.41) is 0. The summed E-state index contributed by atoms with van der Waals surface area (Å²) < 4.78 is 47.2. The fourth-order valence-corrected chi connectivity index (χ4v) is 6.38. The lowest BCUT2D eigenvalue weighted by Crippen LogP contribution is -2.41. The largest absolute Gasteiger partial charge is 0.495 e. The van der Waals surface area contributed by atoms with Crippen LogP contribution in [0.15, 0.2) is 41.3 Å². The molecule has 1 saturated heterocycles. The maximum absolute atomic E-state index is 13.3.